The van der Waals surface area contributed by atoms with Crippen LogP contribution in [-0.2, 0) is 29.3 Å². The number of imidazole rings is 1. The largest absolute Gasteiger partial charge is 0.318 e. The number of rotatable bonds is 8. The van der Waals surface area contributed by atoms with Gasteiger partial charge >= 0.3 is 0 Å². The minimum atomic E-state index is -3.30. The highest BCUT2D eigenvalue weighted by molar-refractivity contribution is 7.91. The van der Waals surface area contributed by atoms with E-state index in [9.17, 15) is 8.42 Å². The zero-order chi connectivity index (χ0) is 17.7. The van der Waals surface area contributed by atoms with Gasteiger partial charge in [0.05, 0.1) is 17.6 Å². The summed E-state index contributed by atoms with van der Waals surface area (Å²) >= 11 is 0. The van der Waals surface area contributed by atoms with Crippen molar-refractivity contribution in [3.05, 3.63) is 47.8 Å². The number of likely N-dealkylation sites (tertiary alicyclic amines) is 1. The SMILES string of the molecule is CCS(=O)(=O)c1ncc(CN2CCCC2)n1CCCc1ccccc1. The minimum Gasteiger partial charge on any atom is -0.318 e. The maximum Gasteiger partial charge on any atom is 0.227 e. The molecule has 2 aromatic rings. The number of sulfone groups is 1. The van der Waals surface area contributed by atoms with Gasteiger partial charge in [-0.15, -0.1) is 0 Å². The topological polar surface area (TPSA) is 55.2 Å². The van der Waals surface area contributed by atoms with E-state index >= 15 is 0 Å². The van der Waals surface area contributed by atoms with Crippen LogP contribution in [0.3, 0.4) is 0 Å². The first-order chi connectivity index (χ1) is 12.1. The first kappa shape index (κ1) is 18.1. The van der Waals surface area contributed by atoms with Crippen LogP contribution >= 0.6 is 0 Å². The van der Waals surface area contributed by atoms with Crippen LogP contribution in [0.25, 0.3) is 0 Å². The van der Waals surface area contributed by atoms with Crippen molar-refractivity contribution in [2.24, 2.45) is 0 Å². The third-order valence-corrected chi connectivity index (χ3v) is 6.48. The van der Waals surface area contributed by atoms with Gasteiger partial charge in [-0.05, 0) is 44.3 Å². The molecule has 0 amide bonds. The van der Waals surface area contributed by atoms with Crippen molar-refractivity contribution in [2.75, 3.05) is 18.8 Å². The minimum absolute atomic E-state index is 0.0891. The summed E-state index contributed by atoms with van der Waals surface area (Å²) in [6.45, 7) is 5.33. The Hall–Kier alpha value is -1.66. The maximum atomic E-state index is 12.4. The summed E-state index contributed by atoms with van der Waals surface area (Å²) in [6.07, 6.45) is 6.04. The van der Waals surface area contributed by atoms with Gasteiger partial charge in [-0.2, -0.15) is 0 Å². The number of aromatic nitrogens is 2. The Balaban J connectivity index is 1.76. The monoisotopic (exact) mass is 361 g/mol. The quantitative estimate of drug-likeness (QED) is 0.725. The molecule has 1 aromatic heterocycles. The van der Waals surface area contributed by atoms with Crippen LogP contribution in [0.5, 0.6) is 0 Å². The molecule has 1 saturated heterocycles. The van der Waals surface area contributed by atoms with Crippen molar-refractivity contribution in [3.63, 3.8) is 0 Å². The lowest BCUT2D eigenvalue weighted by Gasteiger charge is -2.17. The zero-order valence-corrected chi connectivity index (χ0v) is 15.7. The molecule has 1 fully saturated rings. The Kier molecular flexibility index (Phi) is 5.91. The number of nitrogens with zero attached hydrogens (tertiary/aromatic N) is 3. The molecule has 3 rings (SSSR count). The second-order valence-corrected chi connectivity index (χ2v) is 8.83. The van der Waals surface area contributed by atoms with E-state index in [0.29, 0.717) is 6.54 Å². The van der Waals surface area contributed by atoms with Gasteiger partial charge in [-0.3, -0.25) is 4.90 Å². The van der Waals surface area contributed by atoms with Crippen LogP contribution in [0.4, 0.5) is 0 Å². The molecule has 0 unspecified atom stereocenters. The fourth-order valence-electron chi connectivity index (χ4n) is 3.39. The molecular formula is C19H27N3O2S. The molecule has 25 heavy (non-hydrogen) atoms. The van der Waals surface area contributed by atoms with Crippen molar-refractivity contribution < 1.29 is 8.42 Å². The van der Waals surface area contributed by atoms with Gasteiger partial charge in [0.2, 0.25) is 15.0 Å². The molecule has 0 saturated carbocycles. The second kappa shape index (κ2) is 8.15. The average molecular weight is 362 g/mol. The summed E-state index contributed by atoms with van der Waals surface area (Å²) in [7, 11) is -3.30. The second-order valence-electron chi connectivity index (χ2n) is 6.66. The molecule has 6 heteroatoms. The zero-order valence-electron chi connectivity index (χ0n) is 14.9. The molecule has 5 nitrogen and oxygen atoms in total. The third-order valence-electron chi connectivity index (χ3n) is 4.83. The van der Waals surface area contributed by atoms with Crippen molar-refractivity contribution in [3.8, 4) is 0 Å². The predicted molar refractivity (Wildman–Crippen MR) is 99.2 cm³/mol. The van der Waals surface area contributed by atoms with E-state index < -0.39 is 9.84 Å². The van der Waals surface area contributed by atoms with Crippen molar-refractivity contribution in [1.29, 1.82) is 0 Å². The van der Waals surface area contributed by atoms with Crippen LogP contribution in [-0.4, -0.2) is 41.7 Å². The summed E-state index contributed by atoms with van der Waals surface area (Å²) in [5.41, 5.74) is 2.30. The Bertz CT molecular complexity index is 778. The summed E-state index contributed by atoms with van der Waals surface area (Å²) in [6, 6.07) is 10.3. The maximum absolute atomic E-state index is 12.4. The van der Waals surface area contributed by atoms with Gasteiger partial charge < -0.3 is 4.57 Å². The van der Waals surface area contributed by atoms with E-state index in [4.69, 9.17) is 0 Å². The van der Waals surface area contributed by atoms with Crippen molar-refractivity contribution >= 4 is 9.84 Å². The van der Waals surface area contributed by atoms with E-state index in [1.54, 1.807) is 13.1 Å². The summed E-state index contributed by atoms with van der Waals surface area (Å²) in [5, 5.41) is 0.234. The lowest BCUT2D eigenvalue weighted by atomic mass is 10.1. The average Bonchev–Trinajstić information content (AvgIpc) is 3.27. The number of hydrogen-bond acceptors (Lipinski definition) is 4. The molecule has 0 N–H and O–H groups in total. The van der Waals surface area contributed by atoms with Gasteiger partial charge in [0.15, 0.2) is 0 Å². The van der Waals surface area contributed by atoms with E-state index in [0.717, 1.165) is 38.2 Å². The van der Waals surface area contributed by atoms with Gasteiger partial charge in [0, 0.05) is 13.1 Å². The Labute approximate surface area is 150 Å². The molecule has 136 valence electrons. The lowest BCUT2D eigenvalue weighted by molar-refractivity contribution is 0.318. The summed E-state index contributed by atoms with van der Waals surface area (Å²) in [5.74, 6) is 0.0891. The smallest absolute Gasteiger partial charge is 0.227 e. The fourth-order valence-corrected chi connectivity index (χ4v) is 4.41. The van der Waals surface area contributed by atoms with E-state index in [-0.39, 0.29) is 10.9 Å². The normalized spacial score (nSPS) is 15.7. The molecule has 2 heterocycles. The highest BCUT2D eigenvalue weighted by Crippen LogP contribution is 2.18. The van der Waals surface area contributed by atoms with Crippen molar-refractivity contribution in [1.82, 2.24) is 14.5 Å². The van der Waals surface area contributed by atoms with Gasteiger partial charge in [-0.25, -0.2) is 13.4 Å². The summed E-state index contributed by atoms with van der Waals surface area (Å²) in [4.78, 5) is 6.66. The highest BCUT2D eigenvalue weighted by Gasteiger charge is 2.23. The van der Waals surface area contributed by atoms with Crippen LogP contribution in [0.1, 0.15) is 37.4 Å². The van der Waals surface area contributed by atoms with E-state index in [2.05, 4.69) is 22.0 Å². The third kappa shape index (κ3) is 4.50. The van der Waals surface area contributed by atoms with Crippen molar-refractivity contribution in [2.45, 2.75) is 50.9 Å². The molecule has 0 bridgehead atoms. The first-order valence-corrected chi connectivity index (χ1v) is 10.8. The molecular weight excluding hydrogens is 334 g/mol. The van der Waals surface area contributed by atoms with Crippen LogP contribution < -0.4 is 0 Å². The number of benzene rings is 1. The molecule has 1 aromatic carbocycles. The Morgan fingerprint density at radius 3 is 2.52 bits per heavy atom. The van der Waals surface area contributed by atoms with E-state index in [1.165, 1.54) is 18.4 Å². The molecule has 1 aliphatic rings. The molecule has 0 aliphatic carbocycles. The fraction of sp³-hybridized carbons (Fsp3) is 0.526. The van der Waals surface area contributed by atoms with Crippen LogP contribution in [0, 0.1) is 0 Å². The van der Waals surface area contributed by atoms with Gasteiger partial charge in [0.1, 0.15) is 0 Å². The molecule has 1 aliphatic heterocycles. The highest BCUT2D eigenvalue weighted by atomic mass is 32.2. The number of hydrogen-bond donors (Lipinski definition) is 0. The van der Waals surface area contributed by atoms with Crippen LogP contribution in [0.15, 0.2) is 41.7 Å². The van der Waals surface area contributed by atoms with Gasteiger partial charge in [0.25, 0.3) is 0 Å². The lowest BCUT2D eigenvalue weighted by Crippen LogP contribution is -2.22. The number of aryl methyl sites for hydroxylation is 1. The van der Waals surface area contributed by atoms with Crippen LogP contribution in [0.2, 0.25) is 0 Å². The molecule has 0 radical (unpaired) electrons. The Morgan fingerprint density at radius 2 is 1.84 bits per heavy atom. The molecule has 0 atom stereocenters. The first-order valence-electron chi connectivity index (χ1n) is 9.13. The Morgan fingerprint density at radius 1 is 1.12 bits per heavy atom. The van der Waals surface area contributed by atoms with E-state index in [1.807, 2.05) is 22.8 Å². The predicted octanol–water partition coefficient (Wildman–Crippen LogP) is 2.91. The van der Waals surface area contributed by atoms with Gasteiger partial charge in [-0.1, -0.05) is 37.3 Å². The standard InChI is InChI=1S/C19H27N3O2S/c1-2-25(23,24)19-20-15-18(16-21-12-6-7-13-21)22(19)14-8-11-17-9-4-3-5-10-17/h3-5,9-10,15H,2,6-8,11-14,16H2,1H3. The molecule has 0 spiro atoms. The summed E-state index contributed by atoms with van der Waals surface area (Å²) < 4.78 is 26.7.